The molecule has 1 heterocycles. The zero-order chi connectivity index (χ0) is 5.98. The highest BCUT2D eigenvalue weighted by Crippen LogP contribution is 1.98. The van der Waals surface area contributed by atoms with Gasteiger partial charge in [-0.05, 0) is 18.6 Å². The Hall–Kier alpha value is -1.05. The van der Waals surface area contributed by atoms with Gasteiger partial charge in [-0.15, -0.1) is 5.73 Å². The molecule has 0 bridgehead atoms. The van der Waals surface area contributed by atoms with Crippen LogP contribution < -0.4 is 5.73 Å². The van der Waals surface area contributed by atoms with Crippen LogP contribution in [0.4, 0.5) is 5.82 Å². The van der Waals surface area contributed by atoms with E-state index >= 15 is 0 Å². The predicted molar refractivity (Wildman–Crippen MR) is 30.8 cm³/mol. The Kier molecular flexibility index (Phi) is 1.16. The van der Waals surface area contributed by atoms with Gasteiger partial charge in [-0.25, -0.2) is 4.98 Å². The molecule has 0 atom stereocenters. The van der Waals surface area contributed by atoms with Crippen molar-refractivity contribution in [3.8, 4) is 0 Å². The first-order valence-electron chi connectivity index (χ1n) is 2.40. The monoisotopic (exact) mass is 106 g/mol. The molecule has 2 radical (unpaired) electrons. The molecular formula is C6H6N2. The third-order valence-corrected chi connectivity index (χ3v) is 0.896. The van der Waals surface area contributed by atoms with Crippen molar-refractivity contribution in [1.29, 1.82) is 0 Å². The first-order chi connectivity index (χ1) is 3.79. The Balaban J connectivity index is 3.03. The van der Waals surface area contributed by atoms with Gasteiger partial charge in [0.05, 0.1) is 0 Å². The van der Waals surface area contributed by atoms with E-state index in [0.29, 0.717) is 0 Å². The molecule has 1 rings (SSSR count). The summed E-state index contributed by atoms with van der Waals surface area (Å²) in [4.78, 5) is 3.63. The Labute approximate surface area is 48.4 Å². The average Bonchev–Trinajstić information content (AvgIpc) is 1.77. The number of pyridine rings is 1. The fourth-order valence-corrected chi connectivity index (χ4v) is 0.460. The van der Waals surface area contributed by atoms with Crippen LogP contribution in [0.15, 0.2) is 18.3 Å². The van der Waals surface area contributed by atoms with Crippen molar-refractivity contribution in [3.63, 3.8) is 0 Å². The number of aryl methyl sites for hydroxylation is 1. The Morgan fingerprint density at radius 2 is 2.25 bits per heavy atom. The van der Waals surface area contributed by atoms with Gasteiger partial charge in [0.15, 0.2) is 5.82 Å². The minimum Gasteiger partial charge on any atom is -0.235 e. The zero-order valence-corrected chi connectivity index (χ0v) is 4.63. The molecule has 0 saturated heterocycles. The number of hydrogen-bond donors (Lipinski definition) is 0. The van der Waals surface area contributed by atoms with Gasteiger partial charge in [0.1, 0.15) is 0 Å². The number of aromatic nitrogens is 1. The molecule has 0 unspecified atom stereocenters. The third kappa shape index (κ3) is 0.964. The molecule has 0 aromatic carbocycles. The summed E-state index contributed by atoms with van der Waals surface area (Å²) in [6.07, 6.45) is 1.62. The van der Waals surface area contributed by atoms with Crippen molar-refractivity contribution in [2.24, 2.45) is 0 Å². The molecule has 1 aromatic heterocycles. The largest absolute Gasteiger partial charge is 0.235 e. The van der Waals surface area contributed by atoms with Crippen LogP contribution in [0.5, 0.6) is 0 Å². The third-order valence-electron chi connectivity index (χ3n) is 0.896. The molecule has 0 aliphatic heterocycles. The van der Waals surface area contributed by atoms with Gasteiger partial charge >= 0.3 is 0 Å². The van der Waals surface area contributed by atoms with E-state index in [0.717, 1.165) is 5.56 Å². The molecule has 0 spiro atoms. The molecule has 8 heavy (non-hydrogen) atoms. The summed E-state index contributed by atoms with van der Waals surface area (Å²) in [7, 11) is 0. The molecule has 2 heteroatoms. The van der Waals surface area contributed by atoms with Crippen LogP contribution in [0.25, 0.3) is 0 Å². The van der Waals surface area contributed by atoms with Gasteiger partial charge in [0.2, 0.25) is 0 Å². The summed E-state index contributed by atoms with van der Waals surface area (Å²) in [5, 5.41) is 0. The summed E-state index contributed by atoms with van der Waals surface area (Å²) >= 11 is 0. The average molecular weight is 106 g/mol. The second-order valence-corrected chi connectivity index (χ2v) is 1.69. The second kappa shape index (κ2) is 1.82. The smallest absolute Gasteiger partial charge is 0.174 e. The standard InChI is InChI=1S/C6H6N2/c1-5-2-3-6(7)8-4-5/h2-4H,1H3. The summed E-state index contributed by atoms with van der Waals surface area (Å²) in [5.41, 5.74) is 9.70. The molecule has 0 saturated carbocycles. The molecule has 1 aromatic rings. The van der Waals surface area contributed by atoms with E-state index in [2.05, 4.69) is 4.98 Å². The van der Waals surface area contributed by atoms with Crippen LogP contribution in [0.3, 0.4) is 0 Å². The maximum atomic E-state index is 8.65. The maximum Gasteiger partial charge on any atom is 0.174 e. The second-order valence-electron chi connectivity index (χ2n) is 1.69. The molecule has 0 N–H and O–H groups in total. The van der Waals surface area contributed by atoms with Crippen LogP contribution in [0, 0.1) is 6.92 Å². The number of rotatable bonds is 0. The molecule has 0 amide bonds. The minimum atomic E-state index is 0.0793. The topological polar surface area (TPSA) is 35.2 Å². The lowest BCUT2D eigenvalue weighted by atomic mass is 10.3. The van der Waals surface area contributed by atoms with Gasteiger partial charge in [-0.3, -0.25) is 0 Å². The fourth-order valence-electron chi connectivity index (χ4n) is 0.460. The van der Waals surface area contributed by atoms with Crippen molar-refractivity contribution in [2.75, 3.05) is 0 Å². The lowest BCUT2D eigenvalue weighted by Crippen LogP contribution is -1.76. The number of nitrogens with zero attached hydrogens (tertiary/aromatic N) is 2. The lowest BCUT2D eigenvalue weighted by molar-refractivity contribution is 1.22. The molecule has 0 fully saturated rings. The van der Waals surface area contributed by atoms with Crippen LogP contribution in [-0.4, -0.2) is 4.98 Å². The van der Waals surface area contributed by atoms with Gasteiger partial charge in [-0.1, -0.05) is 6.07 Å². The van der Waals surface area contributed by atoms with Crippen LogP contribution in [0.2, 0.25) is 0 Å². The van der Waals surface area contributed by atoms with E-state index in [1.54, 1.807) is 12.3 Å². The Morgan fingerprint density at radius 3 is 2.62 bits per heavy atom. The molecule has 0 aliphatic carbocycles. The van der Waals surface area contributed by atoms with Gasteiger partial charge in [0.25, 0.3) is 0 Å². The van der Waals surface area contributed by atoms with Gasteiger partial charge in [-0.2, -0.15) is 0 Å². The van der Waals surface area contributed by atoms with Crippen LogP contribution in [-0.2, 0) is 0 Å². The normalized spacial score (nSPS) is 9.12. The van der Waals surface area contributed by atoms with E-state index in [4.69, 9.17) is 5.73 Å². The van der Waals surface area contributed by atoms with Gasteiger partial charge in [0, 0.05) is 6.20 Å². The quantitative estimate of drug-likeness (QED) is 0.487. The van der Waals surface area contributed by atoms with E-state index in [-0.39, 0.29) is 5.82 Å². The van der Waals surface area contributed by atoms with Crippen LogP contribution >= 0.6 is 0 Å². The van der Waals surface area contributed by atoms with Crippen molar-refractivity contribution >= 4 is 5.82 Å². The number of hydrogen-bond acceptors (Lipinski definition) is 1. The van der Waals surface area contributed by atoms with Crippen LogP contribution in [0.1, 0.15) is 5.56 Å². The summed E-state index contributed by atoms with van der Waals surface area (Å²) < 4.78 is 0. The van der Waals surface area contributed by atoms with E-state index in [1.165, 1.54) is 0 Å². The highest BCUT2D eigenvalue weighted by molar-refractivity contribution is 5.24. The van der Waals surface area contributed by atoms with Gasteiger partial charge < -0.3 is 0 Å². The molecule has 0 aliphatic rings. The van der Waals surface area contributed by atoms with Crippen molar-refractivity contribution in [3.05, 3.63) is 23.9 Å². The zero-order valence-electron chi connectivity index (χ0n) is 4.63. The predicted octanol–water partition coefficient (Wildman–Crippen LogP) is 1.09. The molecular weight excluding hydrogens is 100 g/mol. The van der Waals surface area contributed by atoms with E-state index < -0.39 is 0 Å². The maximum absolute atomic E-state index is 8.65. The summed E-state index contributed by atoms with van der Waals surface area (Å²) in [6.45, 7) is 1.92. The Bertz CT molecular complexity index is 145. The first kappa shape index (κ1) is 5.09. The SMILES string of the molecule is Cc1ccc([N])nc1. The molecule has 2 nitrogen and oxygen atoms in total. The minimum absolute atomic E-state index is 0.0793. The van der Waals surface area contributed by atoms with E-state index in [1.807, 2.05) is 13.0 Å². The summed E-state index contributed by atoms with van der Waals surface area (Å²) in [6, 6.07) is 3.37. The Morgan fingerprint density at radius 1 is 1.50 bits per heavy atom. The van der Waals surface area contributed by atoms with Crippen molar-refractivity contribution in [1.82, 2.24) is 10.7 Å². The van der Waals surface area contributed by atoms with Crippen molar-refractivity contribution < 1.29 is 0 Å². The lowest BCUT2D eigenvalue weighted by Gasteiger charge is -1.86. The fraction of sp³-hybridized carbons (Fsp3) is 0.167. The first-order valence-corrected chi connectivity index (χ1v) is 2.40. The molecule has 40 valence electrons. The highest BCUT2D eigenvalue weighted by atomic mass is 14.8. The van der Waals surface area contributed by atoms with E-state index in [9.17, 15) is 0 Å². The van der Waals surface area contributed by atoms with Crippen molar-refractivity contribution in [2.45, 2.75) is 6.92 Å². The summed E-state index contributed by atoms with van der Waals surface area (Å²) in [5.74, 6) is 0.0793. The highest BCUT2D eigenvalue weighted by Gasteiger charge is 1.84.